The van der Waals surface area contributed by atoms with Gasteiger partial charge in [-0.1, -0.05) is 12.1 Å². The van der Waals surface area contributed by atoms with Crippen LogP contribution in [0.2, 0.25) is 0 Å². The van der Waals surface area contributed by atoms with Crippen LogP contribution in [0.25, 0.3) is 33.4 Å². The highest BCUT2D eigenvalue weighted by atomic mass is 19.2. The summed E-state index contributed by atoms with van der Waals surface area (Å²) in [6.07, 6.45) is 0. The summed E-state index contributed by atoms with van der Waals surface area (Å²) < 4.78 is 31.7. The number of allylic oxidation sites excluding steroid dienone is 2. The molecule has 0 radical (unpaired) electrons. The molecule has 3 aromatic rings. The first-order valence-electron chi connectivity index (χ1n) is 10.5. The van der Waals surface area contributed by atoms with Gasteiger partial charge in [-0.05, 0) is 46.5 Å². The van der Waals surface area contributed by atoms with Crippen LogP contribution in [0.5, 0.6) is 0 Å². The van der Waals surface area contributed by atoms with Gasteiger partial charge in [0.1, 0.15) is 29.5 Å². The number of rotatable bonds is 1. The number of nitriles is 5. The Kier molecular flexibility index (Phi) is 4.86. The van der Waals surface area contributed by atoms with Gasteiger partial charge in [0.25, 0.3) is 0 Å². The molecule has 0 heterocycles. The lowest BCUT2D eigenvalue weighted by Gasteiger charge is -2.14. The summed E-state index contributed by atoms with van der Waals surface area (Å²) >= 11 is 0. The van der Waals surface area contributed by atoms with E-state index in [9.17, 15) is 26.3 Å². The zero-order chi connectivity index (χ0) is 25.7. The average Bonchev–Trinajstić information content (AvgIpc) is 3.41. The largest absolute Gasteiger partial charge is 0.379 e. The summed E-state index contributed by atoms with van der Waals surface area (Å²) in [6, 6.07) is 18.5. The van der Waals surface area contributed by atoms with E-state index >= 15 is 8.78 Å². The number of nitrogens with zero attached hydrogens (tertiary/aromatic N) is 5. The highest BCUT2D eigenvalue weighted by Gasteiger charge is 2.41. The van der Waals surface area contributed by atoms with Crippen molar-refractivity contribution in [3.63, 3.8) is 0 Å². The van der Waals surface area contributed by atoms with Crippen LogP contribution in [0.4, 0.5) is 8.78 Å². The van der Waals surface area contributed by atoms with Gasteiger partial charge in [0, 0.05) is 40.4 Å². The second-order valence-electron chi connectivity index (χ2n) is 7.96. The molecule has 0 bridgehead atoms. The van der Waals surface area contributed by atoms with Gasteiger partial charge >= 0.3 is 0 Å². The summed E-state index contributed by atoms with van der Waals surface area (Å²) in [4.78, 5) is 0. The molecule has 8 heteroatoms. The first-order chi connectivity index (χ1) is 17.4. The van der Waals surface area contributed by atoms with E-state index in [1.54, 1.807) is 18.2 Å². The Morgan fingerprint density at radius 1 is 0.639 bits per heavy atom. The van der Waals surface area contributed by atoms with E-state index in [2.05, 4.69) is 5.32 Å². The molecule has 0 saturated heterocycles. The lowest BCUT2D eigenvalue weighted by atomic mass is 9.90. The second kappa shape index (κ2) is 7.93. The molecule has 1 N–H and O–H groups in total. The summed E-state index contributed by atoms with van der Waals surface area (Å²) in [5.74, 6) is -2.46. The van der Waals surface area contributed by atoms with Crippen LogP contribution < -0.4 is 5.32 Å². The Labute approximate surface area is 204 Å². The van der Waals surface area contributed by atoms with Crippen molar-refractivity contribution >= 4 is 11.1 Å². The highest BCUT2D eigenvalue weighted by Crippen LogP contribution is 2.58. The molecule has 0 fully saturated rings. The normalized spacial score (nSPS) is 13.0. The van der Waals surface area contributed by atoms with Crippen molar-refractivity contribution in [1.29, 1.82) is 26.3 Å². The van der Waals surface area contributed by atoms with E-state index in [0.717, 1.165) is 0 Å². The van der Waals surface area contributed by atoms with Gasteiger partial charge in [0.2, 0.25) is 0 Å². The Morgan fingerprint density at radius 2 is 1.17 bits per heavy atom. The molecule has 0 amide bonds. The Balaban J connectivity index is 2.08. The molecule has 3 aromatic carbocycles. The summed E-state index contributed by atoms with van der Waals surface area (Å²) in [5, 5.41) is 50.8. The van der Waals surface area contributed by atoms with Crippen LogP contribution in [-0.4, -0.2) is 7.05 Å². The molecular weight excluding hydrogens is 458 g/mol. The number of halogens is 2. The molecule has 166 valence electrons. The molecular formula is C28H10F2N6. The van der Waals surface area contributed by atoms with Gasteiger partial charge in [-0.2, -0.15) is 26.3 Å². The number of benzene rings is 3. The Morgan fingerprint density at radius 3 is 1.67 bits per heavy atom. The third-order valence-corrected chi connectivity index (χ3v) is 6.34. The topological polar surface area (TPSA) is 131 Å². The van der Waals surface area contributed by atoms with Crippen molar-refractivity contribution in [2.75, 3.05) is 7.05 Å². The van der Waals surface area contributed by atoms with Gasteiger partial charge in [0.05, 0.1) is 23.3 Å². The summed E-state index contributed by atoms with van der Waals surface area (Å²) in [7, 11) is 1.51. The van der Waals surface area contributed by atoms with Gasteiger partial charge in [0.15, 0.2) is 11.6 Å². The van der Waals surface area contributed by atoms with Crippen LogP contribution >= 0.6 is 0 Å². The lowest BCUT2D eigenvalue weighted by molar-refractivity contribution is 0.510. The van der Waals surface area contributed by atoms with Crippen LogP contribution in [-0.2, 0) is 0 Å². The lowest BCUT2D eigenvalue weighted by Crippen LogP contribution is -2.08. The Hall–Kier alpha value is -5.75. The first kappa shape index (κ1) is 22.1. The molecule has 5 rings (SSSR count). The van der Waals surface area contributed by atoms with Crippen molar-refractivity contribution in [3.8, 4) is 52.6 Å². The zero-order valence-electron chi connectivity index (χ0n) is 18.5. The maximum Gasteiger partial charge on any atom is 0.168 e. The number of nitrogens with one attached hydrogen (secondary N) is 1. The van der Waals surface area contributed by atoms with E-state index in [1.807, 2.05) is 18.2 Å². The summed E-state index contributed by atoms with van der Waals surface area (Å²) in [5.41, 5.74) is 1.58. The van der Waals surface area contributed by atoms with E-state index in [1.165, 1.54) is 37.4 Å². The van der Waals surface area contributed by atoms with Crippen LogP contribution in [0.1, 0.15) is 33.4 Å². The number of fused-ring (bicyclic) bond motifs is 7. The minimum atomic E-state index is -1.25. The molecule has 0 spiro atoms. The fourth-order valence-corrected chi connectivity index (χ4v) is 4.94. The maximum absolute atomic E-state index is 15.9. The molecule has 0 unspecified atom stereocenters. The van der Waals surface area contributed by atoms with Crippen molar-refractivity contribution in [2.45, 2.75) is 0 Å². The second-order valence-corrected chi connectivity index (χ2v) is 7.96. The van der Waals surface area contributed by atoms with Crippen molar-refractivity contribution in [2.24, 2.45) is 0 Å². The Bertz CT molecular complexity index is 1830. The maximum atomic E-state index is 15.9. The van der Waals surface area contributed by atoms with Crippen molar-refractivity contribution in [1.82, 2.24) is 5.32 Å². The monoisotopic (exact) mass is 468 g/mol. The molecule has 36 heavy (non-hydrogen) atoms. The van der Waals surface area contributed by atoms with Gasteiger partial charge in [-0.25, -0.2) is 8.78 Å². The molecule has 0 aliphatic heterocycles. The van der Waals surface area contributed by atoms with Crippen molar-refractivity contribution in [3.05, 3.63) is 92.7 Å². The highest BCUT2D eigenvalue weighted by molar-refractivity contribution is 6.15. The SMILES string of the molecule is CN/C(C#N)=C1\c2cc(C#N)ccc2-c2c(F)c(F)c3c(c21)-c1ccc(C#N)cc1C3=C(C#N)C#N. The van der Waals surface area contributed by atoms with Crippen LogP contribution in [0, 0.1) is 68.3 Å². The molecule has 6 nitrogen and oxygen atoms in total. The zero-order valence-corrected chi connectivity index (χ0v) is 18.5. The molecule has 0 atom stereocenters. The fraction of sp³-hybridized carbons (Fsp3) is 0.0357. The van der Waals surface area contributed by atoms with Gasteiger partial charge in [-0.3, -0.25) is 0 Å². The van der Waals surface area contributed by atoms with Gasteiger partial charge in [-0.15, -0.1) is 0 Å². The predicted molar refractivity (Wildman–Crippen MR) is 125 cm³/mol. The van der Waals surface area contributed by atoms with Crippen LogP contribution in [0.15, 0.2) is 47.7 Å². The standard InChI is InChI=1S/C28H10F2N6/c1-36-20(12-35)22-19-7-14(9-32)3-5-17(19)24-25(22)23-16-4-2-13(8-31)6-18(16)21(15(10-33)11-34)26(23)28(30)27(24)29/h2-7,36H,1H3/b22-20+. The molecule has 2 aliphatic rings. The molecule has 0 aromatic heterocycles. The smallest absolute Gasteiger partial charge is 0.168 e. The van der Waals surface area contributed by atoms with E-state index < -0.39 is 17.2 Å². The molecule has 0 saturated carbocycles. The first-order valence-corrected chi connectivity index (χ1v) is 10.5. The fourth-order valence-electron chi connectivity index (χ4n) is 4.94. The third-order valence-electron chi connectivity index (χ3n) is 6.34. The van der Waals surface area contributed by atoms with E-state index in [-0.39, 0.29) is 55.8 Å². The predicted octanol–water partition coefficient (Wildman–Crippen LogP) is 5.02. The van der Waals surface area contributed by atoms with E-state index in [4.69, 9.17) is 0 Å². The average molecular weight is 468 g/mol. The number of hydrogen-bond donors (Lipinski definition) is 1. The van der Waals surface area contributed by atoms with Crippen LogP contribution in [0.3, 0.4) is 0 Å². The van der Waals surface area contributed by atoms with E-state index in [0.29, 0.717) is 16.7 Å². The molecule has 2 aliphatic carbocycles. The summed E-state index contributed by atoms with van der Waals surface area (Å²) in [6.45, 7) is 0. The third kappa shape index (κ3) is 2.69. The minimum absolute atomic E-state index is 0.0618. The quantitative estimate of drug-likeness (QED) is 0.344. The number of hydrogen-bond acceptors (Lipinski definition) is 6. The van der Waals surface area contributed by atoms with Crippen molar-refractivity contribution < 1.29 is 8.78 Å². The minimum Gasteiger partial charge on any atom is -0.379 e. The van der Waals surface area contributed by atoms with Gasteiger partial charge < -0.3 is 5.32 Å².